The average molecular weight is 355 g/mol. The lowest BCUT2D eigenvalue weighted by molar-refractivity contribution is -0.115. The van der Waals surface area contributed by atoms with Gasteiger partial charge in [-0.2, -0.15) is 4.98 Å². The van der Waals surface area contributed by atoms with E-state index in [1.54, 1.807) is 24.3 Å². The molecular formula is C19H15F2N3O2. The van der Waals surface area contributed by atoms with E-state index in [1.165, 1.54) is 12.1 Å². The molecule has 0 radical (unpaired) electrons. The number of ether oxygens (including phenoxy) is 1. The van der Waals surface area contributed by atoms with Crippen molar-refractivity contribution in [2.45, 2.75) is 13.0 Å². The zero-order valence-electron chi connectivity index (χ0n) is 13.7. The van der Waals surface area contributed by atoms with E-state index in [9.17, 15) is 13.6 Å². The van der Waals surface area contributed by atoms with Crippen LogP contribution in [0.25, 0.3) is 0 Å². The van der Waals surface area contributed by atoms with Gasteiger partial charge in [0.25, 0.3) is 0 Å². The smallest absolute Gasteiger partial charge is 0.318 e. The molecule has 7 heteroatoms. The molecule has 0 saturated carbocycles. The molecule has 0 aliphatic heterocycles. The molecule has 1 amide bonds. The van der Waals surface area contributed by atoms with Gasteiger partial charge in [-0.25, -0.2) is 13.8 Å². The third-order valence-electron chi connectivity index (χ3n) is 3.47. The molecular weight excluding hydrogens is 340 g/mol. The van der Waals surface area contributed by atoms with E-state index < -0.39 is 11.7 Å². The van der Waals surface area contributed by atoms with Gasteiger partial charge in [0.15, 0.2) is 11.6 Å². The van der Waals surface area contributed by atoms with Gasteiger partial charge in [0.1, 0.15) is 12.4 Å². The van der Waals surface area contributed by atoms with Crippen molar-refractivity contribution in [2.75, 3.05) is 5.32 Å². The third-order valence-corrected chi connectivity index (χ3v) is 3.47. The zero-order valence-corrected chi connectivity index (χ0v) is 13.7. The van der Waals surface area contributed by atoms with Crippen molar-refractivity contribution >= 4 is 11.7 Å². The van der Waals surface area contributed by atoms with E-state index in [0.29, 0.717) is 5.56 Å². The number of rotatable bonds is 6. The number of hydrogen-bond donors (Lipinski definition) is 1. The number of amides is 1. The van der Waals surface area contributed by atoms with Crippen molar-refractivity contribution in [1.82, 2.24) is 9.97 Å². The van der Waals surface area contributed by atoms with Crippen molar-refractivity contribution in [3.05, 3.63) is 83.6 Å². The van der Waals surface area contributed by atoms with Gasteiger partial charge in [0.2, 0.25) is 5.91 Å². The highest BCUT2D eigenvalue weighted by atomic mass is 19.1. The first-order valence-corrected chi connectivity index (χ1v) is 7.84. The van der Waals surface area contributed by atoms with Crippen LogP contribution < -0.4 is 10.1 Å². The molecule has 0 saturated heterocycles. The van der Waals surface area contributed by atoms with E-state index in [-0.39, 0.29) is 30.7 Å². The molecule has 0 fully saturated rings. The maximum absolute atomic E-state index is 13.8. The summed E-state index contributed by atoms with van der Waals surface area (Å²) < 4.78 is 32.1. The van der Waals surface area contributed by atoms with Crippen molar-refractivity contribution in [3.63, 3.8) is 0 Å². The van der Waals surface area contributed by atoms with Crippen LogP contribution >= 0.6 is 0 Å². The second-order valence-electron chi connectivity index (χ2n) is 5.47. The largest absolute Gasteiger partial charge is 0.459 e. The number of carbonyl (C=O) groups is 1. The minimum absolute atomic E-state index is 0.0866. The maximum atomic E-state index is 13.8. The zero-order chi connectivity index (χ0) is 18.4. The minimum atomic E-state index is -0.763. The Hall–Kier alpha value is -3.35. The molecule has 0 atom stereocenters. The lowest BCUT2D eigenvalue weighted by Gasteiger charge is -2.08. The highest BCUT2D eigenvalue weighted by Crippen LogP contribution is 2.15. The Morgan fingerprint density at radius 3 is 2.46 bits per heavy atom. The van der Waals surface area contributed by atoms with Crippen molar-refractivity contribution in [1.29, 1.82) is 0 Å². The van der Waals surface area contributed by atoms with Gasteiger partial charge in [-0.05, 0) is 23.3 Å². The Labute approximate surface area is 148 Å². The average Bonchev–Trinajstić information content (AvgIpc) is 2.64. The van der Waals surface area contributed by atoms with Crippen LogP contribution in [0, 0.1) is 11.6 Å². The summed E-state index contributed by atoms with van der Waals surface area (Å²) in [5.74, 6) is -1.77. The molecule has 0 bridgehead atoms. The van der Waals surface area contributed by atoms with Gasteiger partial charge in [-0.15, -0.1) is 0 Å². The lowest BCUT2D eigenvalue weighted by Crippen LogP contribution is -2.17. The number of nitrogens with zero attached hydrogens (tertiary/aromatic N) is 2. The fourth-order valence-corrected chi connectivity index (χ4v) is 2.19. The lowest BCUT2D eigenvalue weighted by atomic mass is 10.1. The van der Waals surface area contributed by atoms with E-state index >= 15 is 0 Å². The summed E-state index contributed by atoms with van der Waals surface area (Å²) >= 11 is 0. The number of aromatic nitrogens is 2. The number of halogens is 2. The molecule has 3 rings (SSSR count). The van der Waals surface area contributed by atoms with Gasteiger partial charge < -0.3 is 10.1 Å². The van der Waals surface area contributed by atoms with Crippen LogP contribution in [0.15, 0.2) is 60.8 Å². The Morgan fingerprint density at radius 2 is 1.73 bits per heavy atom. The molecule has 0 aliphatic carbocycles. The molecule has 1 aromatic heterocycles. The van der Waals surface area contributed by atoms with Crippen LogP contribution in [0.1, 0.15) is 11.1 Å². The molecule has 1 heterocycles. The van der Waals surface area contributed by atoms with Gasteiger partial charge in [0.05, 0.1) is 12.6 Å². The Kier molecular flexibility index (Phi) is 5.48. The maximum Gasteiger partial charge on any atom is 0.318 e. The number of hydrogen-bond acceptors (Lipinski definition) is 4. The summed E-state index contributed by atoms with van der Waals surface area (Å²) in [5.41, 5.74) is 1.50. The van der Waals surface area contributed by atoms with E-state index in [1.807, 2.05) is 18.2 Å². The van der Waals surface area contributed by atoms with Crippen LogP contribution in [0.5, 0.6) is 6.01 Å². The SMILES string of the molecule is O=C(Cc1ccccc1)Nc1nc(OCc2ccc(F)cc2)ncc1F. The summed E-state index contributed by atoms with van der Waals surface area (Å²) in [6, 6.07) is 14.7. The molecule has 0 spiro atoms. The molecule has 0 unspecified atom stereocenters. The second kappa shape index (κ2) is 8.15. The number of carbonyl (C=O) groups excluding carboxylic acids is 1. The third kappa shape index (κ3) is 4.83. The summed E-state index contributed by atoms with van der Waals surface area (Å²) in [6.45, 7) is 0.0866. The molecule has 26 heavy (non-hydrogen) atoms. The van der Waals surface area contributed by atoms with Gasteiger partial charge in [-0.1, -0.05) is 42.5 Å². The predicted molar refractivity (Wildman–Crippen MR) is 91.5 cm³/mol. The van der Waals surface area contributed by atoms with Crippen molar-refractivity contribution < 1.29 is 18.3 Å². The summed E-state index contributed by atoms with van der Waals surface area (Å²) in [5, 5.41) is 2.41. The van der Waals surface area contributed by atoms with Crippen LogP contribution in [0.2, 0.25) is 0 Å². The highest BCUT2D eigenvalue weighted by molar-refractivity contribution is 5.91. The van der Waals surface area contributed by atoms with Gasteiger partial charge >= 0.3 is 6.01 Å². The molecule has 132 valence electrons. The predicted octanol–water partition coefficient (Wildman–Crippen LogP) is 3.52. The first-order valence-electron chi connectivity index (χ1n) is 7.84. The number of benzene rings is 2. The van der Waals surface area contributed by atoms with Crippen LogP contribution in [0.3, 0.4) is 0 Å². The summed E-state index contributed by atoms with van der Waals surface area (Å²) in [4.78, 5) is 19.6. The van der Waals surface area contributed by atoms with E-state index in [0.717, 1.165) is 11.8 Å². The normalized spacial score (nSPS) is 10.4. The minimum Gasteiger partial charge on any atom is -0.459 e. The van der Waals surface area contributed by atoms with E-state index in [2.05, 4.69) is 15.3 Å². The monoisotopic (exact) mass is 355 g/mol. The fraction of sp³-hybridized carbons (Fsp3) is 0.105. The van der Waals surface area contributed by atoms with Crippen molar-refractivity contribution in [3.8, 4) is 6.01 Å². The summed E-state index contributed by atoms with van der Waals surface area (Å²) in [6.07, 6.45) is 1.02. The molecule has 3 aromatic rings. The Balaban J connectivity index is 1.63. The van der Waals surface area contributed by atoms with Crippen molar-refractivity contribution in [2.24, 2.45) is 0 Å². The second-order valence-corrected chi connectivity index (χ2v) is 5.47. The van der Waals surface area contributed by atoms with Crippen LogP contribution in [-0.4, -0.2) is 15.9 Å². The first-order chi connectivity index (χ1) is 12.6. The molecule has 5 nitrogen and oxygen atoms in total. The Bertz CT molecular complexity index is 887. The molecule has 1 N–H and O–H groups in total. The van der Waals surface area contributed by atoms with Crippen LogP contribution in [0.4, 0.5) is 14.6 Å². The van der Waals surface area contributed by atoms with E-state index in [4.69, 9.17) is 4.74 Å². The quantitative estimate of drug-likeness (QED) is 0.735. The Morgan fingerprint density at radius 1 is 1.00 bits per heavy atom. The topological polar surface area (TPSA) is 64.1 Å². The molecule has 0 aliphatic rings. The molecule has 2 aromatic carbocycles. The fourth-order valence-electron chi connectivity index (χ4n) is 2.19. The number of anilines is 1. The summed E-state index contributed by atoms with van der Waals surface area (Å²) in [7, 11) is 0. The number of nitrogens with one attached hydrogen (secondary N) is 1. The van der Waals surface area contributed by atoms with Gasteiger partial charge in [0, 0.05) is 0 Å². The standard InChI is InChI=1S/C19H15F2N3O2/c20-15-8-6-14(7-9-15)12-26-19-22-11-16(21)18(24-19)23-17(25)10-13-4-2-1-3-5-13/h1-9,11H,10,12H2,(H,22,23,24,25). The van der Waals surface area contributed by atoms with Crippen LogP contribution in [-0.2, 0) is 17.8 Å². The first kappa shape index (κ1) is 17.5. The highest BCUT2D eigenvalue weighted by Gasteiger charge is 2.12. The van der Waals surface area contributed by atoms with Gasteiger partial charge in [-0.3, -0.25) is 4.79 Å².